The Morgan fingerprint density at radius 3 is 2.50 bits per heavy atom. The van der Waals surface area contributed by atoms with Gasteiger partial charge in [-0.15, -0.1) is 0 Å². The Kier molecular flexibility index (Phi) is 3.49. The molecule has 1 unspecified atom stereocenters. The first-order valence-electron chi connectivity index (χ1n) is 6.11. The van der Waals surface area contributed by atoms with E-state index >= 15 is 0 Å². The molecule has 1 N–H and O–H groups in total. The summed E-state index contributed by atoms with van der Waals surface area (Å²) in [6, 6.07) is 4.91. The molecule has 1 aromatic rings. The molecule has 0 bridgehead atoms. The van der Waals surface area contributed by atoms with Gasteiger partial charge in [0.15, 0.2) is 0 Å². The lowest BCUT2D eigenvalue weighted by molar-refractivity contribution is 0.274. The van der Waals surface area contributed by atoms with Gasteiger partial charge in [0.2, 0.25) is 0 Å². The van der Waals surface area contributed by atoms with Crippen molar-refractivity contribution >= 4 is 0 Å². The molecule has 88 valence electrons. The number of aryl methyl sites for hydroxylation is 3. The molecule has 0 aliphatic carbocycles. The van der Waals surface area contributed by atoms with Crippen molar-refractivity contribution < 1.29 is 4.74 Å². The predicted molar refractivity (Wildman–Crippen MR) is 67.2 cm³/mol. The van der Waals surface area contributed by atoms with Gasteiger partial charge in [-0.05, 0) is 51.3 Å². The Morgan fingerprint density at radius 2 is 1.94 bits per heavy atom. The van der Waals surface area contributed by atoms with Gasteiger partial charge >= 0.3 is 0 Å². The molecule has 1 aromatic carbocycles. The smallest absolute Gasteiger partial charge is 0.125 e. The summed E-state index contributed by atoms with van der Waals surface area (Å²) in [6.45, 7) is 8.31. The molecule has 2 rings (SSSR count). The minimum Gasteiger partial charge on any atom is -0.491 e. The lowest BCUT2D eigenvalue weighted by atomic mass is 10.1. The second kappa shape index (κ2) is 4.88. The molecule has 0 radical (unpaired) electrons. The summed E-state index contributed by atoms with van der Waals surface area (Å²) in [5.74, 6) is 1.07. The van der Waals surface area contributed by atoms with Crippen molar-refractivity contribution in [3.8, 4) is 5.75 Å². The molecule has 0 aromatic heterocycles. The van der Waals surface area contributed by atoms with E-state index in [0.717, 1.165) is 18.9 Å². The lowest BCUT2D eigenvalue weighted by Gasteiger charge is -2.16. The zero-order chi connectivity index (χ0) is 11.5. The Hall–Kier alpha value is -1.02. The average Bonchev–Trinajstić information content (AvgIpc) is 2.68. The Labute approximate surface area is 98.0 Å². The van der Waals surface area contributed by atoms with Gasteiger partial charge in [0.05, 0.1) is 0 Å². The van der Waals surface area contributed by atoms with Gasteiger partial charge in [-0.1, -0.05) is 17.7 Å². The standard InChI is InChI=1S/C14H21NO/c1-10-7-11(2)14(12(3)8-10)16-9-13-5-4-6-15-13/h7-8,13,15H,4-6,9H2,1-3H3. The van der Waals surface area contributed by atoms with Crippen LogP contribution in [0.3, 0.4) is 0 Å². The summed E-state index contributed by atoms with van der Waals surface area (Å²) < 4.78 is 5.94. The van der Waals surface area contributed by atoms with Gasteiger partial charge in [0.25, 0.3) is 0 Å². The molecular weight excluding hydrogens is 198 g/mol. The first-order chi connectivity index (χ1) is 7.66. The van der Waals surface area contributed by atoms with Crippen LogP contribution in [0.4, 0.5) is 0 Å². The maximum atomic E-state index is 5.94. The highest BCUT2D eigenvalue weighted by Gasteiger charge is 2.15. The van der Waals surface area contributed by atoms with E-state index < -0.39 is 0 Å². The van der Waals surface area contributed by atoms with Crippen molar-refractivity contribution in [1.29, 1.82) is 0 Å². The molecular formula is C14H21NO. The summed E-state index contributed by atoms with van der Waals surface area (Å²) in [5.41, 5.74) is 3.80. The Bertz CT molecular complexity index is 344. The van der Waals surface area contributed by atoms with E-state index in [1.54, 1.807) is 0 Å². The number of rotatable bonds is 3. The van der Waals surface area contributed by atoms with E-state index in [2.05, 4.69) is 38.2 Å². The van der Waals surface area contributed by atoms with Crippen LogP contribution in [0.25, 0.3) is 0 Å². The van der Waals surface area contributed by atoms with Crippen molar-refractivity contribution in [2.45, 2.75) is 39.7 Å². The maximum absolute atomic E-state index is 5.94. The zero-order valence-corrected chi connectivity index (χ0v) is 10.5. The van der Waals surface area contributed by atoms with Crippen molar-refractivity contribution in [3.63, 3.8) is 0 Å². The summed E-state index contributed by atoms with van der Waals surface area (Å²) in [4.78, 5) is 0. The molecule has 2 nitrogen and oxygen atoms in total. The molecule has 0 spiro atoms. The fourth-order valence-electron chi connectivity index (χ4n) is 2.48. The van der Waals surface area contributed by atoms with E-state index in [-0.39, 0.29) is 0 Å². The fraction of sp³-hybridized carbons (Fsp3) is 0.571. The SMILES string of the molecule is Cc1cc(C)c(OCC2CCCN2)c(C)c1. The summed E-state index contributed by atoms with van der Waals surface area (Å²) in [5, 5.41) is 3.45. The largest absolute Gasteiger partial charge is 0.491 e. The molecule has 1 heterocycles. The van der Waals surface area contributed by atoms with E-state index in [4.69, 9.17) is 4.74 Å². The first-order valence-corrected chi connectivity index (χ1v) is 6.11. The van der Waals surface area contributed by atoms with Gasteiger partial charge in [0.1, 0.15) is 12.4 Å². The highest BCUT2D eigenvalue weighted by molar-refractivity contribution is 5.42. The zero-order valence-electron chi connectivity index (χ0n) is 10.5. The number of benzene rings is 1. The van der Waals surface area contributed by atoms with E-state index in [9.17, 15) is 0 Å². The van der Waals surface area contributed by atoms with Gasteiger partial charge in [0, 0.05) is 6.04 Å². The predicted octanol–water partition coefficient (Wildman–Crippen LogP) is 2.74. The monoisotopic (exact) mass is 219 g/mol. The molecule has 1 aliphatic heterocycles. The molecule has 1 atom stereocenters. The number of ether oxygens (including phenoxy) is 1. The van der Waals surface area contributed by atoms with Gasteiger partial charge in [-0.2, -0.15) is 0 Å². The lowest BCUT2D eigenvalue weighted by Crippen LogP contribution is -2.28. The summed E-state index contributed by atoms with van der Waals surface area (Å²) in [7, 11) is 0. The van der Waals surface area contributed by atoms with Gasteiger partial charge < -0.3 is 10.1 Å². The van der Waals surface area contributed by atoms with Crippen LogP contribution in [0.1, 0.15) is 29.5 Å². The second-order valence-corrected chi connectivity index (χ2v) is 4.83. The maximum Gasteiger partial charge on any atom is 0.125 e. The molecule has 16 heavy (non-hydrogen) atoms. The van der Waals surface area contributed by atoms with Crippen molar-refractivity contribution in [2.24, 2.45) is 0 Å². The first kappa shape index (κ1) is 11.5. The number of hydrogen-bond donors (Lipinski definition) is 1. The minimum atomic E-state index is 0.542. The normalized spacial score (nSPS) is 20.1. The van der Waals surface area contributed by atoms with Crippen molar-refractivity contribution in [2.75, 3.05) is 13.2 Å². The third-order valence-electron chi connectivity index (χ3n) is 3.20. The highest BCUT2D eigenvalue weighted by atomic mass is 16.5. The molecule has 1 saturated heterocycles. The Morgan fingerprint density at radius 1 is 1.25 bits per heavy atom. The summed E-state index contributed by atoms with van der Waals surface area (Å²) >= 11 is 0. The number of hydrogen-bond acceptors (Lipinski definition) is 2. The average molecular weight is 219 g/mol. The molecule has 1 fully saturated rings. The fourth-order valence-corrected chi connectivity index (χ4v) is 2.48. The van der Waals surface area contributed by atoms with Crippen LogP contribution in [0.15, 0.2) is 12.1 Å². The topological polar surface area (TPSA) is 21.3 Å². The highest BCUT2D eigenvalue weighted by Crippen LogP contribution is 2.25. The van der Waals surface area contributed by atoms with Crippen molar-refractivity contribution in [3.05, 3.63) is 28.8 Å². The van der Waals surface area contributed by atoms with Crippen LogP contribution >= 0.6 is 0 Å². The quantitative estimate of drug-likeness (QED) is 0.844. The summed E-state index contributed by atoms with van der Waals surface area (Å²) in [6.07, 6.45) is 2.52. The van der Waals surface area contributed by atoms with Crippen LogP contribution < -0.4 is 10.1 Å². The van der Waals surface area contributed by atoms with E-state index in [1.165, 1.54) is 29.5 Å². The van der Waals surface area contributed by atoms with Gasteiger partial charge in [-0.3, -0.25) is 0 Å². The van der Waals surface area contributed by atoms with Crippen LogP contribution in [0.5, 0.6) is 5.75 Å². The third-order valence-corrected chi connectivity index (χ3v) is 3.20. The molecule has 1 aliphatic rings. The minimum absolute atomic E-state index is 0.542. The van der Waals surface area contributed by atoms with Crippen LogP contribution in [-0.4, -0.2) is 19.2 Å². The van der Waals surface area contributed by atoms with Crippen molar-refractivity contribution in [1.82, 2.24) is 5.32 Å². The third kappa shape index (κ3) is 2.56. The van der Waals surface area contributed by atoms with E-state index in [0.29, 0.717) is 6.04 Å². The van der Waals surface area contributed by atoms with Crippen LogP contribution in [0.2, 0.25) is 0 Å². The van der Waals surface area contributed by atoms with Gasteiger partial charge in [-0.25, -0.2) is 0 Å². The Balaban J connectivity index is 2.03. The molecule has 0 saturated carbocycles. The number of nitrogens with one attached hydrogen (secondary N) is 1. The van der Waals surface area contributed by atoms with Crippen LogP contribution in [0, 0.1) is 20.8 Å². The van der Waals surface area contributed by atoms with Crippen LogP contribution in [-0.2, 0) is 0 Å². The molecule has 2 heteroatoms. The van der Waals surface area contributed by atoms with E-state index in [1.807, 2.05) is 0 Å². The molecule has 0 amide bonds. The second-order valence-electron chi connectivity index (χ2n) is 4.83.